The fraction of sp³-hybridized carbons (Fsp3) is 0.273. The Labute approximate surface area is 95.5 Å². The third kappa shape index (κ3) is 1.44. The molecule has 0 bridgehead atoms. The summed E-state index contributed by atoms with van der Waals surface area (Å²) in [6.45, 7) is 0. The van der Waals surface area contributed by atoms with Gasteiger partial charge >= 0.3 is 0 Å². The van der Waals surface area contributed by atoms with Crippen molar-refractivity contribution in [1.82, 2.24) is 9.38 Å². The quantitative estimate of drug-likeness (QED) is 0.792. The van der Waals surface area contributed by atoms with Crippen LogP contribution in [0, 0.1) is 11.3 Å². The van der Waals surface area contributed by atoms with E-state index in [1.165, 1.54) is 18.4 Å². The second-order valence-corrected chi connectivity index (χ2v) is 4.72. The molecule has 0 saturated heterocycles. The van der Waals surface area contributed by atoms with Gasteiger partial charge in [0.05, 0.1) is 4.47 Å². The first-order valence-corrected chi connectivity index (χ1v) is 5.65. The number of halogens is 1. The molecule has 3 rings (SSSR count). The lowest BCUT2D eigenvalue weighted by Crippen LogP contribution is -1.88. The van der Waals surface area contributed by atoms with E-state index >= 15 is 0 Å². The van der Waals surface area contributed by atoms with Gasteiger partial charge in [0, 0.05) is 12.4 Å². The Morgan fingerprint density at radius 3 is 2.93 bits per heavy atom. The van der Waals surface area contributed by atoms with Crippen LogP contribution in [0.4, 0.5) is 0 Å². The van der Waals surface area contributed by atoms with Gasteiger partial charge in [0.2, 0.25) is 0 Å². The summed E-state index contributed by atoms with van der Waals surface area (Å²) < 4.78 is 2.89. The molecule has 0 unspecified atom stereocenters. The highest BCUT2D eigenvalue weighted by Gasteiger charge is 2.24. The molecule has 0 amide bonds. The SMILES string of the molecule is N#Cc1cn2cc(C3CC3)cc(Br)c2n1. The highest BCUT2D eigenvalue weighted by molar-refractivity contribution is 9.10. The van der Waals surface area contributed by atoms with Crippen molar-refractivity contribution in [3.63, 3.8) is 0 Å². The lowest BCUT2D eigenvalue weighted by atomic mass is 10.2. The normalized spacial score (nSPS) is 15.5. The van der Waals surface area contributed by atoms with Gasteiger partial charge < -0.3 is 4.40 Å². The fourth-order valence-electron chi connectivity index (χ4n) is 1.77. The predicted octanol–water partition coefficient (Wildman–Crippen LogP) is 2.85. The Kier molecular flexibility index (Phi) is 1.83. The minimum atomic E-state index is 0.462. The van der Waals surface area contributed by atoms with Crippen molar-refractivity contribution < 1.29 is 0 Å². The number of nitrogens with zero attached hydrogens (tertiary/aromatic N) is 3. The monoisotopic (exact) mass is 261 g/mol. The molecule has 3 nitrogen and oxygen atoms in total. The number of rotatable bonds is 1. The number of aromatic nitrogens is 2. The van der Waals surface area contributed by atoms with Gasteiger partial charge in [-0.2, -0.15) is 5.26 Å². The Morgan fingerprint density at radius 1 is 1.47 bits per heavy atom. The van der Waals surface area contributed by atoms with Crippen molar-refractivity contribution >= 4 is 21.6 Å². The van der Waals surface area contributed by atoms with Crippen LogP contribution in [0.1, 0.15) is 30.0 Å². The van der Waals surface area contributed by atoms with Gasteiger partial charge in [0.1, 0.15) is 6.07 Å². The van der Waals surface area contributed by atoms with E-state index in [1.54, 1.807) is 6.20 Å². The van der Waals surface area contributed by atoms with E-state index < -0.39 is 0 Å². The number of imidazole rings is 1. The molecule has 2 aromatic rings. The van der Waals surface area contributed by atoms with E-state index in [0.717, 1.165) is 10.1 Å². The number of hydrogen-bond donors (Lipinski definition) is 0. The highest BCUT2D eigenvalue weighted by Crippen LogP contribution is 2.41. The van der Waals surface area contributed by atoms with Crippen molar-refractivity contribution in [3.8, 4) is 6.07 Å². The van der Waals surface area contributed by atoms with E-state index in [2.05, 4.69) is 39.2 Å². The van der Waals surface area contributed by atoms with Crippen LogP contribution in [0.25, 0.3) is 5.65 Å². The molecule has 0 radical (unpaired) electrons. The van der Waals surface area contributed by atoms with Crippen molar-refractivity contribution in [3.05, 3.63) is 34.2 Å². The number of pyridine rings is 1. The minimum Gasteiger partial charge on any atom is -0.304 e. The smallest absolute Gasteiger partial charge is 0.159 e. The molecule has 1 saturated carbocycles. The predicted molar refractivity (Wildman–Crippen MR) is 59.6 cm³/mol. The van der Waals surface area contributed by atoms with E-state index in [1.807, 2.05) is 4.40 Å². The lowest BCUT2D eigenvalue weighted by Gasteiger charge is -2.01. The van der Waals surface area contributed by atoms with Crippen LogP contribution in [-0.2, 0) is 0 Å². The van der Waals surface area contributed by atoms with E-state index in [9.17, 15) is 0 Å². The fourth-order valence-corrected chi connectivity index (χ4v) is 2.33. The molecular weight excluding hydrogens is 254 g/mol. The molecule has 15 heavy (non-hydrogen) atoms. The van der Waals surface area contributed by atoms with E-state index in [0.29, 0.717) is 11.6 Å². The molecule has 0 aromatic carbocycles. The van der Waals surface area contributed by atoms with Gasteiger partial charge in [-0.1, -0.05) is 0 Å². The number of hydrogen-bond acceptors (Lipinski definition) is 2. The maximum Gasteiger partial charge on any atom is 0.159 e. The molecule has 2 heterocycles. The first-order valence-electron chi connectivity index (χ1n) is 4.86. The Bertz CT molecular complexity index is 575. The summed E-state index contributed by atoms with van der Waals surface area (Å²) in [5, 5.41) is 8.78. The topological polar surface area (TPSA) is 41.1 Å². The van der Waals surface area contributed by atoms with Crippen molar-refractivity contribution in [2.24, 2.45) is 0 Å². The van der Waals surface area contributed by atoms with Gasteiger partial charge in [0.15, 0.2) is 11.3 Å². The van der Waals surface area contributed by atoms with Crippen molar-refractivity contribution in [2.75, 3.05) is 0 Å². The van der Waals surface area contributed by atoms with Gasteiger partial charge in [-0.25, -0.2) is 4.98 Å². The first kappa shape index (κ1) is 8.93. The van der Waals surface area contributed by atoms with Crippen LogP contribution in [0.5, 0.6) is 0 Å². The summed E-state index contributed by atoms with van der Waals surface area (Å²) >= 11 is 3.49. The Balaban J connectivity index is 2.25. The van der Waals surface area contributed by atoms with E-state index in [4.69, 9.17) is 5.26 Å². The summed E-state index contributed by atoms with van der Waals surface area (Å²) in [7, 11) is 0. The third-order valence-electron chi connectivity index (χ3n) is 2.69. The zero-order chi connectivity index (χ0) is 10.4. The molecule has 1 aliphatic rings. The average molecular weight is 262 g/mol. The molecule has 4 heteroatoms. The van der Waals surface area contributed by atoms with Crippen LogP contribution < -0.4 is 0 Å². The zero-order valence-electron chi connectivity index (χ0n) is 7.94. The van der Waals surface area contributed by atoms with Crippen LogP contribution in [0.3, 0.4) is 0 Å². The third-order valence-corrected chi connectivity index (χ3v) is 3.27. The lowest BCUT2D eigenvalue weighted by molar-refractivity contribution is 1.05. The van der Waals surface area contributed by atoms with Crippen LogP contribution >= 0.6 is 15.9 Å². The van der Waals surface area contributed by atoms with Crippen LogP contribution in [0.15, 0.2) is 22.9 Å². The summed E-state index contributed by atoms with van der Waals surface area (Å²) in [6.07, 6.45) is 6.40. The molecular formula is C11H8BrN3. The summed E-state index contributed by atoms with van der Waals surface area (Å²) in [5.41, 5.74) is 2.61. The second-order valence-electron chi connectivity index (χ2n) is 3.86. The zero-order valence-corrected chi connectivity index (χ0v) is 9.53. The standard InChI is InChI=1S/C11H8BrN3/c12-10-3-8(7-1-2-7)5-15-6-9(4-13)14-11(10)15/h3,5-7H,1-2H2. The van der Waals surface area contributed by atoms with Crippen LogP contribution in [-0.4, -0.2) is 9.38 Å². The molecule has 0 spiro atoms. The van der Waals surface area contributed by atoms with Crippen molar-refractivity contribution in [2.45, 2.75) is 18.8 Å². The maximum absolute atomic E-state index is 8.78. The molecule has 1 aliphatic carbocycles. The highest BCUT2D eigenvalue weighted by atomic mass is 79.9. The molecule has 0 aliphatic heterocycles. The molecule has 0 N–H and O–H groups in total. The van der Waals surface area contributed by atoms with Gasteiger partial charge in [-0.15, -0.1) is 0 Å². The molecule has 0 atom stereocenters. The van der Waals surface area contributed by atoms with Gasteiger partial charge in [-0.3, -0.25) is 0 Å². The summed E-state index contributed by atoms with van der Waals surface area (Å²) in [6, 6.07) is 4.17. The molecule has 74 valence electrons. The van der Waals surface area contributed by atoms with Gasteiger partial charge in [-0.05, 0) is 46.3 Å². The Morgan fingerprint density at radius 2 is 2.27 bits per heavy atom. The largest absolute Gasteiger partial charge is 0.304 e. The minimum absolute atomic E-state index is 0.462. The van der Waals surface area contributed by atoms with Gasteiger partial charge in [0.25, 0.3) is 0 Å². The first-order chi connectivity index (χ1) is 7.28. The number of fused-ring (bicyclic) bond motifs is 1. The Hall–Kier alpha value is -1.34. The summed E-state index contributed by atoms with van der Waals surface area (Å²) in [5.74, 6) is 0.707. The number of nitriles is 1. The van der Waals surface area contributed by atoms with Crippen LogP contribution in [0.2, 0.25) is 0 Å². The average Bonchev–Trinajstić information content (AvgIpc) is 2.98. The van der Waals surface area contributed by atoms with E-state index in [-0.39, 0.29) is 0 Å². The molecule has 1 fully saturated rings. The summed E-state index contributed by atoms with van der Waals surface area (Å²) in [4.78, 5) is 4.21. The second kappa shape index (κ2) is 3.07. The maximum atomic E-state index is 8.78. The van der Waals surface area contributed by atoms with Crippen molar-refractivity contribution in [1.29, 1.82) is 5.26 Å². The molecule has 2 aromatic heterocycles.